The fourth-order valence-electron chi connectivity index (χ4n) is 3.07. The molecular weight excluding hydrogens is 266 g/mol. The summed E-state index contributed by atoms with van der Waals surface area (Å²) in [6.07, 6.45) is 2.59. The molecule has 3 aromatic rings. The molecule has 0 saturated carbocycles. The van der Waals surface area contributed by atoms with Crippen LogP contribution < -0.4 is 5.32 Å². The smallest absolute Gasteiger partial charge is 0.249 e. The maximum Gasteiger partial charge on any atom is 0.249 e. The minimum absolute atomic E-state index is 0.204. The van der Waals surface area contributed by atoms with Crippen molar-refractivity contribution in [3.05, 3.63) is 42.6 Å². The predicted octanol–water partition coefficient (Wildman–Crippen LogP) is 2.17. The van der Waals surface area contributed by atoms with Gasteiger partial charge in [-0.3, -0.25) is 14.9 Å². The average Bonchev–Trinajstić information content (AvgIpc) is 2.82. The number of nitrogens with one attached hydrogen (secondary N) is 1. The topological polar surface area (TPSA) is 64.0 Å². The van der Waals surface area contributed by atoms with E-state index < -0.39 is 0 Å². The summed E-state index contributed by atoms with van der Waals surface area (Å²) in [5.41, 5.74) is 1.76. The molecule has 3 heterocycles. The van der Waals surface area contributed by atoms with Crippen molar-refractivity contribution >= 4 is 33.8 Å². The summed E-state index contributed by atoms with van der Waals surface area (Å²) in [5.74, 6) is -0.454. The zero-order valence-corrected chi connectivity index (χ0v) is 11.2. The van der Waals surface area contributed by atoms with Crippen molar-refractivity contribution < 1.29 is 9.59 Å². The Bertz CT molecular complexity index is 828. The number of fused-ring (bicyclic) bond motifs is 3. The van der Waals surface area contributed by atoms with Crippen molar-refractivity contribution in [2.75, 3.05) is 0 Å². The molecule has 0 spiro atoms. The van der Waals surface area contributed by atoms with Gasteiger partial charge in [0.2, 0.25) is 11.8 Å². The Hall–Kier alpha value is -2.69. The Balaban J connectivity index is 2.02. The van der Waals surface area contributed by atoms with Crippen LogP contribution in [0.4, 0.5) is 0 Å². The number of para-hydroxylation sites is 1. The van der Waals surface area contributed by atoms with Crippen molar-refractivity contribution in [2.24, 2.45) is 0 Å². The van der Waals surface area contributed by atoms with Gasteiger partial charge in [-0.2, -0.15) is 0 Å². The third-order valence-corrected chi connectivity index (χ3v) is 3.99. The zero-order chi connectivity index (χ0) is 14.4. The van der Waals surface area contributed by atoms with E-state index in [0.717, 1.165) is 21.9 Å². The van der Waals surface area contributed by atoms with E-state index in [9.17, 15) is 9.59 Å². The van der Waals surface area contributed by atoms with Crippen LogP contribution in [0.2, 0.25) is 0 Å². The van der Waals surface area contributed by atoms with Gasteiger partial charge in [0, 0.05) is 23.4 Å². The molecule has 1 unspecified atom stereocenters. The number of hydrogen-bond acceptors (Lipinski definition) is 3. The van der Waals surface area contributed by atoms with Crippen LogP contribution in [0.1, 0.15) is 18.9 Å². The normalized spacial score (nSPS) is 19.1. The van der Waals surface area contributed by atoms with E-state index >= 15 is 0 Å². The third kappa shape index (κ3) is 1.74. The molecule has 1 aromatic carbocycles. The minimum Gasteiger partial charge on any atom is -0.313 e. The van der Waals surface area contributed by atoms with E-state index in [1.807, 2.05) is 41.0 Å². The first-order chi connectivity index (χ1) is 10.3. The monoisotopic (exact) mass is 279 g/mol. The fourth-order valence-corrected chi connectivity index (χ4v) is 3.07. The Morgan fingerprint density at radius 2 is 1.90 bits per heavy atom. The summed E-state index contributed by atoms with van der Waals surface area (Å²) in [6, 6.07) is 11.5. The molecule has 0 bridgehead atoms. The number of amides is 2. The van der Waals surface area contributed by atoms with Gasteiger partial charge in [-0.1, -0.05) is 18.2 Å². The van der Waals surface area contributed by atoms with E-state index in [0.29, 0.717) is 12.8 Å². The molecule has 1 atom stereocenters. The van der Waals surface area contributed by atoms with Crippen molar-refractivity contribution in [1.82, 2.24) is 14.9 Å². The molecule has 0 aliphatic carbocycles. The predicted molar refractivity (Wildman–Crippen MR) is 78.7 cm³/mol. The first-order valence-corrected chi connectivity index (χ1v) is 6.93. The van der Waals surface area contributed by atoms with Crippen LogP contribution in [-0.2, 0) is 9.59 Å². The lowest BCUT2D eigenvalue weighted by atomic mass is 10.1. The highest BCUT2D eigenvalue weighted by Crippen LogP contribution is 2.32. The van der Waals surface area contributed by atoms with Crippen molar-refractivity contribution in [3.63, 3.8) is 0 Å². The maximum atomic E-state index is 12.2. The first kappa shape index (κ1) is 12.1. The summed E-state index contributed by atoms with van der Waals surface area (Å²) in [4.78, 5) is 28.0. The molecule has 4 rings (SSSR count). The van der Waals surface area contributed by atoms with Crippen molar-refractivity contribution in [3.8, 4) is 0 Å². The maximum absolute atomic E-state index is 12.2. The molecule has 1 fully saturated rings. The molecule has 1 aliphatic rings. The van der Waals surface area contributed by atoms with Gasteiger partial charge in [-0.05, 0) is 24.6 Å². The van der Waals surface area contributed by atoms with E-state index in [-0.39, 0.29) is 17.9 Å². The number of aromatic nitrogens is 2. The van der Waals surface area contributed by atoms with E-state index in [4.69, 9.17) is 0 Å². The highest BCUT2D eigenvalue weighted by molar-refractivity contribution is 6.08. The summed E-state index contributed by atoms with van der Waals surface area (Å²) in [7, 11) is 0. The average molecular weight is 279 g/mol. The van der Waals surface area contributed by atoms with Gasteiger partial charge in [0.25, 0.3) is 0 Å². The fraction of sp³-hybridized carbons (Fsp3) is 0.188. The summed E-state index contributed by atoms with van der Waals surface area (Å²) in [5, 5.41) is 4.52. The summed E-state index contributed by atoms with van der Waals surface area (Å²) in [6.45, 7) is 0. The Kier molecular flexibility index (Phi) is 2.54. The molecule has 1 N–H and O–H groups in total. The SMILES string of the molecule is O=C1CCC(n2c3ccccc3c3cccnc32)C(=O)N1. The van der Waals surface area contributed by atoms with Crippen LogP contribution in [0.5, 0.6) is 0 Å². The Labute approximate surface area is 120 Å². The molecular formula is C16H13N3O2. The quantitative estimate of drug-likeness (QED) is 0.694. The van der Waals surface area contributed by atoms with Gasteiger partial charge in [0.05, 0.1) is 5.52 Å². The number of pyridine rings is 1. The van der Waals surface area contributed by atoms with Crippen molar-refractivity contribution in [2.45, 2.75) is 18.9 Å². The lowest BCUT2D eigenvalue weighted by Gasteiger charge is -2.23. The number of rotatable bonds is 1. The zero-order valence-electron chi connectivity index (χ0n) is 11.2. The van der Waals surface area contributed by atoms with Gasteiger partial charge in [-0.25, -0.2) is 4.98 Å². The van der Waals surface area contributed by atoms with Gasteiger partial charge in [0.15, 0.2) is 0 Å². The molecule has 104 valence electrons. The lowest BCUT2D eigenvalue weighted by molar-refractivity contribution is -0.135. The third-order valence-electron chi connectivity index (χ3n) is 3.99. The Morgan fingerprint density at radius 1 is 1.10 bits per heavy atom. The van der Waals surface area contributed by atoms with E-state index in [2.05, 4.69) is 10.3 Å². The van der Waals surface area contributed by atoms with E-state index in [1.54, 1.807) is 6.20 Å². The number of imide groups is 1. The summed E-state index contributed by atoms with van der Waals surface area (Å²) >= 11 is 0. The van der Waals surface area contributed by atoms with Crippen LogP contribution >= 0.6 is 0 Å². The molecule has 5 nitrogen and oxygen atoms in total. The molecule has 0 radical (unpaired) electrons. The molecule has 1 aliphatic heterocycles. The largest absolute Gasteiger partial charge is 0.313 e. The molecule has 2 aromatic heterocycles. The molecule has 5 heteroatoms. The highest BCUT2D eigenvalue weighted by Gasteiger charge is 2.30. The highest BCUT2D eigenvalue weighted by atomic mass is 16.2. The van der Waals surface area contributed by atoms with Crippen LogP contribution in [-0.4, -0.2) is 21.4 Å². The van der Waals surface area contributed by atoms with Gasteiger partial charge in [-0.15, -0.1) is 0 Å². The number of carbonyl (C=O) groups excluding carboxylic acids is 2. The van der Waals surface area contributed by atoms with Crippen molar-refractivity contribution in [1.29, 1.82) is 0 Å². The Morgan fingerprint density at radius 3 is 2.76 bits per heavy atom. The number of carbonyl (C=O) groups is 2. The first-order valence-electron chi connectivity index (χ1n) is 6.93. The number of piperidine rings is 1. The van der Waals surface area contributed by atoms with Crippen LogP contribution in [0.3, 0.4) is 0 Å². The molecule has 2 amide bonds. The summed E-state index contributed by atoms with van der Waals surface area (Å²) < 4.78 is 1.95. The number of benzene rings is 1. The van der Waals surface area contributed by atoms with Crippen LogP contribution in [0, 0.1) is 0 Å². The standard InChI is InChI=1S/C16H13N3O2/c20-14-8-7-13(16(21)18-14)19-12-6-2-1-4-10(12)11-5-3-9-17-15(11)19/h1-6,9,13H,7-8H2,(H,18,20,21). The molecule has 21 heavy (non-hydrogen) atoms. The second-order valence-corrected chi connectivity index (χ2v) is 5.23. The molecule has 1 saturated heterocycles. The number of nitrogens with zero attached hydrogens (tertiary/aromatic N) is 2. The minimum atomic E-state index is -0.389. The number of hydrogen-bond donors (Lipinski definition) is 1. The van der Waals surface area contributed by atoms with Crippen LogP contribution in [0.25, 0.3) is 21.9 Å². The van der Waals surface area contributed by atoms with Gasteiger partial charge >= 0.3 is 0 Å². The van der Waals surface area contributed by atoms with Gasteiger partial charge < -0.3 is 4.57 Å². The second kappa shape index (κ2) is 4.41. The lowest BCUT2D eigenvalue weighted by Crippen LogP contribution is -2.41. The second-order valence-electron chi connectivity index (χ2n) is 5.23. The van der Waals surface area contributed by atoms with E-state index in [1.165, 1.54) is 0 Å². The van der Waals surface area contributed by atoms with Gasteiger partial charge in [0.1, 0.15) is 11.7 Å². The van der Waals surface area contributed by atoms with Crippen LogP contribution in [0.15, 0.2) is 42.6 Å².